The second-order valence-electron chi connectivity index (χ2n) is 6.17. The molecule has 0 saturated heterocycles. The van der Waals surface area contributed by atoms with E-state index >= 15 is 0 Å². The standard InChI is InChI=1S/C19H19N7O/c1-14-22-23-24-25(14)11-15-3-7-17(8-4-15)19-20-13-21-26(19)12-16-5-9-18(27-2)10-6-16/h3-10,13H,11-12H2,1-2H3. The normalized spacial score (nSPS) is 10.9. The van der Waals surface area contributed by atoms with E-state index in [1.54, 1.807) is 18.1 Å². The number of methoxy groups -OCH3 is 1. The van der Waals surface area contributed by atoms with Crippen LogP contribution in [0, 0.1) is 6.92 Å². The molecule has 0 spiro atoms. The smallest absolute Gasteiger partial charge is 0.158 e. The molecule has 2 heterocycles. The molecule has 8 heteroatoms. The second kappa shape index (κ2) is 7.36. The molecule has 8 nitrogen and oxygen atoms in total. The van der Waals surface area contributed by atoms with Gasteiger partial charge in [-0.2, -0.15) is 5.10 Å². The molecule has 0 amide bonds. The third-order valence-electron chi connectivity index (χ3n) is 4.36. The maximum absolute atomic E-state index is 5.20. The Morgan fingerprint density at radius 2 is 1.56 bits per heavy atom. The Morgan fingerprint density at radius 1 is 0.889 bits per heavy atom. The lowest BCUT2D eigenvalue weighted by molar-refractivity contribution is 0.414. The minimum absolute atomic E-state index is 0.637. The SMILES string of the molecule is COc1ccc(Cn2ncnc2-c2ccc(Cn3nnnc3C)cc2)cc1. The first kappa shape index (κ1) is 16.9. The topological polar surface area (TPSA) is 83.5 Å². The number of rotatable bonds is 6. The fraction of sp³-hybridized carbons (Fsp3) is 0.211. The third kappa shape index (κ3) is 3.69. The Labute approximate surface area is 156 Å². The Bertz CT molecular complexity index is 1020. The zero-order valence-electron chi connectivity index (χ0n) is 15.1. The van der Waals surface area contributed by atoms with Gasteiger partial charge in [-0.15, -0.1) is 5.10 Å². The molecule has 4 aromatic rings. The maximum Gasteiger partial charge on any atom is 0.158 e. The average Bonchev–Trinajstić information content (AvgIpc) is 3.32. The molecule has 0 N–H and O–H groups in total. The minimum Gasteiger partial charge on any atom is -0.497 e. The van der Waals surface area contributed by atoms with Gasteiger partial charge in [0.25, 0.3) is 0 Å². The van der Waals surface area contributed by atoms with Crippen molar-refractivity contribution >= 4 is 0 Å². The van der Waals surface area contributed by atoms with E-state index in [0.717, 1.165) is 34.1 Å². The molecule has 0 fully saturated rings. The van der Waals surface area contributed by atoms with Gasteiger partial charge in [0, 0.05) is 5.56 Å². The van der Waals surface area contributed by atoms with E-state index in [9.17, 15) is 0 Å². The van der Waals surface area contributed by atoms with Gasteiger partial charge in [-0.05, 0) is 40.6 Å². The van der Waals surface area contributed by atoms with Crippen LogP contribution in [0.4, 0.5) is 0 Å². The summed E-state index contributed by atoms with van der Waals surface area (Å²) in [5, 5.41) is 15.9. The monoisotopic (exact) mass is 361 g/mol. The van der Waals surface area contributed by atoms with Gasteiger partial charge in [0.1, 0.15) is 17.9 Å². The van der Waals surface area contributed by atoms with Crippen molar-refractivity contribution in [3.8, 4) is 17.1 Å². The third-order valence-corrected chi connectivity index (χ3v) is 4.36. The molecule has 0 unspecified atom stereocenters. The molecule has 0 radical (unpaired) electrons. The first-order valence-corrected chi connectivity index (χ1v) is 8.56. The molecule has 0 atom stereocenters. The molecule has 136 valence electrons. The summed E-state index contributed by atoms with van der Waals surface area (Å²) in [6, 6.07) is 16.2. The maximum atomic E-state index is 5.20. The van der Waals surface area contributed by atoms with Crippen molar-refractivity contribution in [3.05, 3.63) is 71.8 Å². The van der Waals surface area contributed by atoms with Crippen LogP contribution in [-0.4, -0.2) is 42.1 Å². The van der Waals surface area contributed by atoms with Crippen molar-refractivity contribution in [2.75, 3.05) is 7.11 Å². The van der Waals surface area contributed by atoms with E-state index in [4.69, 9.17) is 4.74 Å². The Hall–Kier alpha value is -3.55. The number of nitrogens with zero attached hydrogens (tertiary/aromatic N) is 7. The van der Waals surface area contributed by atoms with Crippen LogP contribution in [-0.2, 0) is 13.1 Å². The van der Waals surface area contributed by atoms with E-state index in [2.05, 4.69) is 37.7 Å². The van der Waals surface area contributed by atoms with Crippen LogP contribution in [0.2, 0.25) is 0 Å². The van der Waals surface area contributed by atoms with Crippen molar-refractivity contribution in [2.24, 2.45) is 0 Å². The highest BCUT2D eigenvalue weighted by Gasteiger charge is 2.09. The van der Waals surface area contributed by atoms with Gasteiger partial charge in [0.2, 0.25) is 0 Å². The van der Waals surface area contributed by atoms with E-state index in [1.807, 2.05) is 48.0 Å². The molecule has 0 bridgehead atoms. The fourth-order valence-electron chi connectivity index (χ4n) is 2.83. The number of aryl methyl sites for hydroxylation is 1. The first-order valence-electron chi connectivity index (χ1n) is 8.56. The summed E-state index contributed by atoms with van der Waals surface area (Å²) in [6.07, 6.45) is 1.58. The number of aromatic nitrogens is 7. The van der Waals surface area contributed by atoms with Crippen molar-refractivity contribution in [3.63, 3.8) is 0 Å². The lowest BCUT2D eigenvalue weighted by Crippen LogP contribution is -2.05. The van der Waals surface area contributed by atoms with Gasteiger partial charge in [-0.1, -0.05) is 36.4 Å². The molecule has 0 aliphatic rings. The lowest BCUT2D eigenvalue weighted by Gasteiger charge is -2.08. The van der Waals surface area contributed by atoms with Gasteiger partial charge in [0.15, 0.2) is 5.82 Å². The highest BCUT2D eigenvalue weighted by Crippen LogP contribution is 2.19. The summed E-state index contributed by atoms with van der Waals surface area (Å²) in [5.74, 6) is 2.46. The van der Waals surface area contributed by atoms with Crippen LogP contribution in [0.5, 0.6) is 5.75 Å². The highest BCUT2D eigenvalue weighted by molar-refractivity contribution is 5.55. The zero-order chi connectivity index (χ0) is 18.6. The fourth-order valence-corrected chi connectivity index (χ4v) is 2.83. The molecule has 4 rings (SSSR count). The van der Waals surface area contributed by atoms with Gasteiger partial charge >= 0.3 is 0 Å². The zero-order valence-corrected chi connectivity index (χ0v) is 15.1. The van der Waals surface area contributed by atoms with E-state index in [0.29, 0.717) is 13.1 Å². The number of hydrogen-bond donors (Lipinski definition) is 0. The highest BCUT2D eigenvalue weighted by atomic mass is 16.5. The summed E-state index contributed by atoms with van der Waals surface area (Å²) in [4.78, 5) is 4.43. The predicted molar refractivity (Wildman–Crippen MR) is 99.2 cm³/mol. The summed E-state index contributed by atoms with van der Waals surface area (Å²) in [5.41, 5.74) is 3.27. The molecule has 0 saturated carbocycles. The van der Waals surface area contributed by atoms with Crippen molar-refractivity contribution in [1.29, 1.82) is 0 Å². The number of benzene rings is 2. The molecular formula is C19H19N7O. The Morgan fingerprint density at radius 3 is 2.19 bits per heavy atom. The number of tetrazole rings is 1. The molecular weight excluding hydrogens is 342 g/mol. The summed E-state index contributed by atoms with van der Waals surface area (Å²) in [7, 11) is 1.66. The predicted octanol–water partition coefficient (Wildman–Crippen LogP) is 2.35. The number of hydrogen-bond acceptors (Lipinski definition) is 6. The van der Waals surface area contributed by atoms with Crippen LogP contribution in [0.3, 0.4) is 0 Å². The quantitative estimate of drug-likeness (QED) is 0.524. The molecule has 2 aromatic carbocycles. The van der Waals surface area contributed by atoms with Crippen LogP contribution in [0.25, 0.3) is 11.4 Å². The van der Waals surface area contributed by atoms with Gasteiger partial charge in [-0.25, -0.2) is 14.3 Å². The second-order valence-corrected chi connectivity index (χ2v) is 6.17. The average molecular weight is 361 g/mol. The van der Waals surface area contributed by atoms with Crippen molar-refractivity contribution < 1.29 is 4.74 Å². The van der Waals surface area contributed by atoms with Crippen molar-refractivity contribution in [2.45, 2.75) is 20.0 Å². The van der Waals surface area contributed by atoms with E-state index in [-0.39, 0.29) is 0 Å². The van der Waals surface area contributed by atoms with Gasteiger partial charge < -0.3 is 4.74 Å². The van der Waals surface area contributed by atoms with E-state index < -0.39 is 0 Å². The Kier molecular flexibility index (Phi) is 4.61. The van der Waals surface area contributed by atoms with Crippen molar-refractivity contribution in [1.82, 2.24) is 35.0 Å². The van der Waals surface area contributed by atoms with Gasteiger partial charge in [-0.3, -0.25) is 0 Å². The minimum atomic E-state index is 0.637. The van der Waals surface area contributed by atoms with Crippen LogP contribution in [0.15, 0.2) is 54.9 Å². The number of ether oxygens (including phenoxy) is 1. The van der Waals surface area contributed by atoms with Gasteiger partial charge in [0.05, 0.1) is 20.2 Å². The van der Waals surface area contributed by atoms with Crippen LogP contribution < -0.4 is 4.74 Å². The molecule has 27 heavy (non-hydrogen) atoms. The first-order chi connectivity index (χ1) is 13.2. The van der Waals surface area contributed by atoms with Crippen LogP contribution in [0.1, 0.15) is 17.0 Å². The molecule has 0 aliphatic heterocycles. The summed E-state index contributed by atoms with van der Waals surface area (Å²) >= 11 is 0. The largest absolute Gasteiger partial charge is 0.497 e. The molecule has 2 aromatic heterocycles. The summed E-state index contributed by atoms with van der Waals surface area (Å²) in [6.45, 7) is 3.17. The van der Waals surface area contributed by atoms with E-state index in [1.165, 1.54) is 0 Å². The Balaban J connectivity index is 1.52. The van der Waals surface area contributed by atoms with Crippen LogP contribution >= 0.6 is 0 Å². The lowest BCUT2D eigenvalue weighted by atomic mass is 10.1. The molecule has 0 aliphatic carbocycles. The summed E-state index contributed by atoms with van der Waals surface area (Å²) < 4.78 is 8.86.